The number of thiazole rings is 1. The van der Waals surface area contributed by atoms with E-state index in [1.54, 1.807) is 0 Å². The van der Waals surface area contributed by atoms with Crippen molar-refractivity contribution in [3.8, 4) is 11.3 Å². The average Bonchev–Trinajstić information content (AvgIpc) is 3.41. The Labute approximate surface area is 181 Å². The quantitative estimate of drug-likeness (QED) is 0.387. The molecule has 1 aliphatic heterocycles. The minimum atomic E-state index is -0.125. The van der Waals surface area contributed by atoms with E-state index >= 15 is 0 Å². The highest BCUT2D eigenvalue weighted by Crippen LogP contribution is 2.43. The van der Waals surface area contributed by atoms with E-state index in [9.17, 15) is 4.79 Å². The molecule has 4 nitrogen and oxygen atoms in total. The Kier molecular flexibility index (Phi) is 5.35. The summed E-state index contributed by atoms with van der Waals surface area (Å²) >= 11 is 5.42. The summed E-state index contributed by atoms with van der Waals surface area (Å²) in [5.74, 6) is 2.30. The van der Waals surface area contributed by atoms with Crippen molar-refractivity contribution in [3.05, 3.63) is 71.2 Å². The van der Waals surface area contributed by atoms with Gasteiger partial charge in [0.2, 0.25) is 0 Å². The van der Waals surface area contributed by atoms with E-state index in [4.69, 9.17) is 0 Å². The second-order valence-electron chi connectivity index (χ2n) is 6.79. The third-order valence-electron chi connectivity index (χ3n) is 4.86. The molecule has 0 aliphatic carbocycles. The lowest BCUT2D eigenvalue weighted by Gasteiger charge is -2.21. The molecule has 0 atom stereocenters. The van der Waals surface area contributed by atoms with Crippen LogP contribution in [0.25, 0.3) is 22.2 Å². The summed E-state index contributed by atoms with van der Waals surface area (Å²) in [4.78, 5) is 20.5. The molecule has 0 unspecified atom stereocenters. The molecule has 0 radical (unpaired) electrons. The molecule has 4 aromatic rings. The van der Waals surface area contributed by atoms with Crippen molar-refractivity contribution in [1.82, 2.24) is 9.97 Å². The third kappa shape index (κ3) is 3.95. The summed E-state index contributed by atoms with van der Waals surface area (Å²) < 4.78 is 0.485. The molecule has 29 heavy (non-hydrogen) atoms. The first-order valence-corrected chi connectivity index (χ1v) is 12.4. The van der Waals surface area contributed by atoms with Crippen molar-refractivity contribution in [1.29, 1.82) is 0 Å². The van der Waals surface area contributed by atoms with Crippen molar-refractivity contribution in [2.75, 3.05) is 16.8 Å². The van der Waals surface area contributed by atoms with Gasteiger partial charge < -0.3 is 4.98 Å². The Morgan fingerprint density at radius 2 is 1.86 bits per heavy atom. The fourth-order valence-corrected chi connectivity index (χ4v) is 6.98. The summed E-state index contributed by atoms with van der Waals surface area (Å²) in [6.45, 7) is 0. The van der Waals surface area contributed by atoms with E-state index in [0.29, 0.717) is 15.3 Å². The number of thioether (sulfide) groups is 2. The van der Waals surface area contributed by atoms with Gasteiger partial charge in [0.15, 0.2) is 5.13 Å². The number of nitrogens with zero attached hydrogens (tertiary/aromatic N) is 1. The van der Waals surface area contributed by atoms with Crippen LogP contribution in [0.15, 0.2) is 60.1 Å². The molecule has 0 bridgehead atoms. The second-order valence-corrected chi connectivity index (χ2v) is 10.4. The number of rotatable bonds is 4. The van der Waals surface area contributed by atoms with Gasteiger partial charge in [0.25, 0.3) is 5.91 Å². The highest BCUT2D eigenvalue weighted by molar-refractivity contribution is 8.16. The van der Waals surface area contributed by atoms with E-state index in [1.165, 1.54) is 34.8 Å². The van der Waals surface area contributed by atoms with Crippen molar-refractivity contribution in [2.45, 2.75) is 11.0 Å². The highest BCUT2D eigenvalue weighted by atomic mass is 32.2. The van der Waals surface area contributed by atoms with Gasteiger partial charge in [-0.25, -0.2) is 4.98 Å². The fourth-order valence-electron chi connectivity index (χ4n) is 3.38. The summed E-state index contributed by atoms with van der Waals surface area (Å²) in [6, 6.07) is 16.1. The molecular weight excluding hydrogens is 418 g/mol. The predicted molar refractivity (Wildman–Crippen MR) is 126 cm³/mol. The van der Waals surface area contributed by atoms with Gasteiger partial charge in [-0.1, -0.05) is 30.3 Å². The number of aromatic nitrogens is 2. The third-order valence-corrected chi connectivity index (χ3v) is 8.63. The normalized spacial score (nSPS) is 14.9. The molecule has 2 N–H and O–H groups in total. The van der Waals surface area contributed by atoms with Crippen LogP contribution in [0.4, 0.5) is 5.13 Å². The second kappa shape index (κ2) is 8.26. The van der Waals surface area contributed by atoms with E-state index in [2.05, 4.69) is 33.5 Å². The van der Waals surface area contributed by atoms with Gasteiger partial charge in [0, 0.05) is 33.6 Å². The molecular formula is C22H19N3OS3. The smallest absolute Gasteiger partial charge is 0.257 e. The Hall–Kier alpha value is -2.22. The van der Waals surface area contributed by atoms with E-state index < -0.39 is 0 Å². The number of hydrogen-bond acceptors (Lipinski definition) is 5. The minimum absolute atomic E-state index is 0.125. The molecule has 1 fully saturated rings. The van der Waals surface area contributed by atoms with Crippen molar-refractivity contribution < 1.29 is 4.79 Å². The van der Waals surface area contributed by atoms with Crippen molar-refractivity contribution in [3.63, 3.8) is 0 Å². The monoisotopic (exact) mass is 437 g/mol. The van der Waals surface area contributed by atoms with Crippen LogP contribution < -0.4 is 5.32 Å². The minimum Gasteiger partial charge on any atom is -0.360 e. The molecule has 2 aromatic heterocycles. The molecule has 7 heteroatoms. The molecule has 3 heterocycles. The molecule has 0 spiro atoms. The number of carbonyl (C=O) groups is 1. The van der Waals surface area contributed by atoms with Crippen LogP contribution in [0.2, 0.25) is 0 Å². The van der Waals surface area contributed by atoms with Crippen LogP contribution in [0.5, 0.6) is 0 Å². The van der Waals surface area contributed by atoms with Gasteiger partial charge >= 0.3 is 0 Å². The number of benzene rings is 2. The van der Waals surface area contributed by atoms with Gasteiger partial charge in [0.05, 0.1) is 10.3 Å². The SMILES string of the molecule is O=C(Nc1nc(-c2c[nH]c3ccccc23)cs1)c1ccc(C2SCCCS2)cc1. The Balaban J connectivity index is 1.30. The standard InChI is InChI=1S/C22H19N3OS3/c26-20(14-6-8-15(9-7-14)21-27-10-3-11-28-21)25-22-24-19(13-29-22)17-12-23-18-5-2-1-4-16(17)18/h1-2,4-9,12-13,21,23H,3,10-11H2,(H,24,25,26). The number of nitrogens with one attached hydrogen (secondary N) is 2. The lowest BCUT2D eigenvalue weighted by Crippen LogP contribution is -2.11. The van der Waals surface area contributed by atoms with E-state index in [-0.39, 0.29) is 5.91 Å². The first-order chi connectivity index (χ1) is 14.3. The molecule has 1 aliphatic rings. The molecule has 0 saturated carbocycles. The predicted octanol–water partition coefficient (Wildman–Crippen LogP) is 6.41. The van der Waals surface area contributed by atoms with Crippen LogP contribution in [-0.4, -0.2) is 27.4 Å². The number of para-hydroxylation sites is 1. The molecule has 1 saturated heterocycles. The molecule has 1 amide bonds. The Bertz CT molecular complexity index is 1140. The van der Waals surface area contributed by atoms with Gasteiger partial charge in [-0.05, 0) is 41.7 Å². The topological polar surface area (TPSA) is 57.8 Å². The largest absolute Gasteiger partial charge is 0.360 e. The van der Waals surface area contributed by atoms with Crippen molar-refractivity contribution >= 4 is 56.8 Å². The number of hydrogen-bond donors (Lipinski definition) is 2. The van der Waals surface area contributed by atoms with E-state index in [1.807, 2.05) is 65.4 Å². The van der Waals surface area contributed by atoms with E-state index in [0.717, 1.165) is 22.2 Å². The number of carbonyl (C=O) groups excluding carboxylic acids is 1. The van der Waals surface area contributed by atoms with Gasteiger partial charge in [-0.2, -0.15) is 0 Å². The maximum absolute atomic E-state index is 12.6. The van der Waals surface area contributed by atoms with Crippen LogP contribution >= 0.6 is 34.9 Å². The zero-order valence-corrected chi connectivity index (χ0v) is 18.0. The molecule has 146 valence electrons. The summed E-state index contributed by atoms with van der Waals surface area (Å²) in [5.41, 5.74) is 4.93. The van der Waals surface area contributed by atoms with Crippen LogP contribution in [0.3, 0.4) is 0 Å². The maximum Gasteiger partial charge on any atom is 0.257 e. The molecule has 5 rings (SSSR count). The van der Waals surface area contributed by atoms with Crippen LogP contribution in [-0.2, 0) is 0 Å². The first kappa shape index (κ1) is 18.8. The maximum atomic E-state index is 12.6. The number of fused-ring (bicyclic) bond motifs is 1. The van der Waals surface area contributed by atoms with Crippen LogP contribution in [0.1, 0.15) is 26.9 Å². The Morgan fingerprint density at radius 3 is 2.69 bits per heavy atom. The highest BCUT2D eigenvalue weighted by Gasteiger charge is 2.17. The number of H-pyrrole nitrogens is 1. The number of aromatic amines is 1. The zero-order valence-electron chi connectivity index (χ0n) is 15.6. The Morgan fingerprint density at radius 1 is 1.07 bits per heavy atom. The van der Waals surface area contributed by atoms with Crippen LogP contribution in [0, 0.1) is 0 Å². The van der Waals surface area contributed by atoms with Gasteiger partial charge in [-0.3, -0.25) is 10.1 Å². The lowest BCUT2D eigenvalue weighted by molar-refractivity contribution is 0.102. The average molecular weight is 438 g/mol. The zero-order chi connectivity index (χ0) is 19.6. The lowest BCUT2D eigenvalue weighted by atomic mass is 10.1. The first-order valence-electron chi connectivity index (χ1n) is 9.44. The van der Waals surface area contributed by atoms with Gasteiger partial charge in [0.1, 0.15) is 0 Å². The number of anilines is 1. The molecule has 2 aromatic carbocycles. The van der Waals surface area contributed by atoms with Crippen molar-refractivity contribution in [2.24, 2.45) is 0 Å². The van der Waals surface area contributed by atoms with Gasteiger partial charge in [-0.15, -0.1) is 34.9 Å². The number of amides is 1. The fraction of sp³-hybridized carbons (Fsp3) is 0.182. The summed E-state index contributed by atoms with van der Waals surface area (Å²) in [5, 5.41) is 6.65. The summed E-state index contributed by atoms with van der Waals surface area (Å²) in [7, 11) is 0. The summed E-state index contributed by atoms with van der Waals surface area (Å²) in [6.07, 6.45) is 3.24.